The van der Waals surface area contributed by atoms with Crippen LogP contribution in [0.1, 0.15) is 61.3 Å². The third-order valence-electron chi connectivity index (χ3n) is 4.16. The summed E-state index contributed by atoms with van der Waals surface area (Å²) >= 11 is 0. The van der Waals surface area contributed by atoms with E-state index in [-0.39, 0.29) is 0 Å². The lowest BCUT2D eigenvalue weighted by atomic mass is 9.92. The first-order valence-corrected chi connectivity index (χ1v) is 7.71. The average molecular weight is 266 g/mol. The minimum Gasteiger partial charge on any atom is -0.0591 e. The molecule has 0 N–H and O–H groups in total. The van der Waals surface area contributed by atoms with E-state index < -0.39 is 0 Å². The number of benzene rings is 2. The van der Waals surface area contributed by atoms with Gasteiger partial charge in [0, 0.05) is 0 Å². The summed E-state index contributed by atoms with van der Waals surface area (Å²) in [7, 11) is 0. The van der Waals surface area contributed by atoms with Gasteiger partial charge >= 0.3 is 0 Å². The van der Waals surface area contributed by atoms with E-state index in [0.29, 0.717) is 11.8 Å². The van der Waals surface area contributed by atoms with Crippen molar-refractivity contribution >= 4 is 0 Å². The highest BCUT2D eigenvalue weighted by Gasteiger charge is 2.07. The zero-order chi connectivity index (χ0) is 14.5. The molecule has 0 saturated carbocycles. The highest BCUT2D eigenvalue weighted by Crippen LogP contribution is 2.23. The lowest BCUT2D eigenvalue weighted by Crippen LogP contribution is -1.97. The van der Waals surface area contributed by atoms with Crippen LogP contribution in [0.25, 0.3) is 0 Å². The first-order valence-electron chi connectivity index (χ1n) is 7.71. The molecule has 1 unspecified atom stereocenters. The van der Waals surface area contributed by atoms with Gasteiger partial charge in [-0.25, -0.2) is 0 Å². The molecule has 0 aromatic heterocycles. The Hall–Kier alpha value is -1.56. The topological polar surface area (TPSA) is 0 Å². The monoisotopic (exact) mass is 266 g/mol. The van der Waals surface area contributed by atoms with Crippen LogP contribution in [0.3, 0.4) is 0 Å². The fourth-order valence-corrected chi connectivity index (χ4v) is 2.51. The number of hydrogen-bond donors (Lipinski definition) is 0. The Morgan fingerprint density at radius 3 is 1.85 bits per heavy atom. The van der Waals surface area contributed by atoms with Crippen LogP contribution in [-0.2, 0) is 6.42 Å². The van der Waals surface area contributed by atoms with Crippen LogP contribution in [-0.4, -0.2) is 0 Å². The SMILES string of the molecule is Cc1ccc(CCC(C)c2ccc(C(C)C)cc2)cc1. The molecule has 0 aliphatic rings. The second-order valence-corrected chi connectivity index (χ2v) is 6.25. The lowest BCUT2D eigenvalue weighted by molar-refractivity contribution is 0.678. The normalized spacial score (nSPS) is 12.7. The van der Waals surface area contributed by atoms with E-state index in [1.165, 1.54) is 28.7 Å². The molecule has 0 spiro atoms. The molecule has 0 aliphatic heterocycles. The molecule has 0 bridgehead atoms. The van der Waals surface area contributed by atoms with Crippen LogP contribution in [0.4, 0.5) is 0 Å². The van der Waals surface area contributed by atoms with Gasteiger partial charge in [0.05, 0.1) is 0 Å². The molecule has 0 saturated heterocycles. The maximum atomic E-state index is 2.33. The predicted octanol–water partition coefficient (Wildman–Crippen LogP) is 5.85. The standard InChI is InChI=1S/C20H26/c1-15(2)19-11-13-20(14-12-19)17(4)7-10-18-8-5-16(3)6-9-18/h5-6,8-9,11-15,17H,7,10H2,1-4H3. The molecule has 0 fully saturated rings. The van der Waals surface area contributed by atoms with E-state index >= 15 is 0 Å². The van der Waals surface area contributed by atoms with Gasteiger partial charge in [-0.05, 0) is 48.3 Å². The van der Waals surface area contributed by atoms with Crippen molar-refractivity contribution in [3.05, 3.63) is 70.8 Å². The molecule has 0 nitrogen and oxygen atoms in total. The fourth-order valence-electron chi connectivity index (χ4n) is 2.51. The summed E-state index contributed by atoms with van der Waals surface area (Å²) in [6.07, 6.45) is 2.37. The highest BCUT2D eigenvalue weighted by atomic mass is 14.1. The Morgan fingerprint density at radius 1 is 0.750 bits per heavy atom. The minimum absolute atomic E-state index is 0.618. The summed E-state index contributed by atoms with van der Waals surface area (Å²) in [5, 5.41) is 0. The van der Waals surface area contributed by atoms with Crippen LogP contribution in [0, 0.1) is 6.92 Å². The first kappa shape index (κ1) is 14.8. The molecule has 0 radical (unpaired) electrons. The number of aryl methyl sites for hydroxylation is 2. The van der Waals surface area contributed by atoms with E-state index in [1.54, 1.807) is 0 Å². The van der Waals surface area contributed by atoms with Crippen molar-refractivity contribution in [1.29, 1.82) is 0 Å². The molecule has 2 rings (SSSR count). The molecule has 0 amide bonds. The van der Waals surface area contributed by atoms with Crippen LogP contribution in [0.2, 0.25) is 0 Å². The molecule has 0 aliphatic carbocycles. The zero-order valence-corrected chi connectivity index (χ0v) is 13.2. The third kappa shape index (κ3) is 3.96. The maximum absolute atomic E-state index is 2.33. The van der Waals surface area contributed by atoms with Crippen LogP contribution in [0.15, 0.2) is 48.5 Å². The minimum atomic E-state index is 0.618. The van der Waals surface area contributed by atoms with Crippen molar-refractivity contribution in [2.75, 3.05) is 0 Å². The van der Waals surface area contributed by atoms with Gasteiger partial charge in [0.15, 0.2) is 0 Å². The fraction of sp³-hybridized carbons (Fsp3) is 0.400. The Bertz CT molecular complexity index is 517. The van der Waals surface area contributed by atoms with Gasteiger partial charge in [-0.1, -0.05) is 74.9 Å². The first-order chi connectivity index (χ1) is 9.56. The van der Waals surface area contributed by atoms with Gasteiger partial charge in [0.1, 0.15) is 0 Å². The Balaban J connectivity index is 1.94. The summed E-state index contributed by atoms with van der Waals surface area (Å²) in [5.74, 6) is 1.24. The van der Waals surface area contributed by atoms with E-state index in [2.05, 4.69) is 76.2 Å². The van der Waals surface area contributed by atoms with E-state index in [4.69, 9.17) is 0 Å². The smallest absolute Gasteiger partial charge is 0.0187 e. The van der Waals surface area contributed by atoms with Gasteiger partial charge in [0.2, 0.25) is 0 Å². The third-order valence-corrected chi connectivity index (χ3v) is 4.16. The summed E-state index contributed by atoms with van der Waals surface area (Å²) in [6, 6.07) is 18.1. The molecule has 1 atom stereocenters. The van der Waals surface area contributed by atoms with Crippen molar-refractivity contribution in [3.8, 4) is 0 Å². The summed E-state index contributed by atoms with van der Waals surface area (Å²) in [5.41, 5.74) is 5.67. The van der Waals surface area contributed by atoms with Gasteiger partial charge in [-0.15, -0.1) is 0 Å². The van der Waals surface area contributed by atoms with Gasteiger partial charge in [-0.2, -0.15) is 0 Å². The van der Waals surface area contributed by atoms with E-state index in [9.17, 15) is 0 Å². The van der Waals surface area contributed by atoms with Crippen molar-refractivity contribution in [1.82, 2.24) is 0 Å². The largest absolute Gasteiger partial charge is 0.0591 e. The molecular formula is C20H26. The van der Waals surface area contributed by atoms with E-state index in [0.717, 1.165) is 6.42 Å². The molecule has 2 aromatic rings. The van der Waals surface area contributed by atoms with Crippen LogP contribution in [0.5, 0.6) is 0 Å². The summed E-state index contributed by atoms with van der Waals surface area (Å²) < 4.78 is 0. The predicted molar refractivity (Wildman–Crippen MR) is 88.4 cm³/mol. The Morgan fingerprint density at radius 2 is 1.30 bits per heavy atom. The molecule has 106 valence electrons. The zero-order valence-electron chi connectivity index (χ0n) is 13.2. The van der Waals surface area contributed by atoms with Gasteiger partial charge < -0.3 is 0 Å². The van der Waals surface area contributed by atoms with Crippen molar-refractivity contribution in [2.45, 2.75) is 52.4 Å². The van der Waals surface area contributed by atoms with Crippen molar-refractivity contribution in [2.24, 2.45) is 0 Å². The average Bonchev–Trinajstić information content (AvgIpc) is 2.46. The van der Waals surface area contributed by atoms with Crippen molar-refractivity contribution < 1.29 is 0 Å². The second kappa shape index (κ2) is 6.74. The van der Waals surface area contributed by atoms with Gasteiger partial charge in [-0.3, -0.25) is 0 Å². The van der Waals surface area contributed by atoms with Crippen LogP contribution >= 0.6 is 0 Å². The van der Waals surface area contributed by atoms with E-state index in [1.807, 2.05) is 0 Å². The van der Waals surface area contributed by atoms with Gasteiger partial charge in [0.25, 0.3) is 0 Å². The maximum Gasteiger partial charge on any atom is -0.0187 e. The Labute approximate surface area is 123 Å². The molecule has 20 heavy (non-hydrogen) atoms. The van der Waals surface area contributed by atoms with Crippen LogP contribution < -0.4 is 0 Å². The number of rotatable bonds is 5. The highest BCUT2D eigenvalue weighted by molar-refractivity contribution is 5.27. The summed E-state index contributed by atoms with van der Waals surface area (Å²) in [6.45, 7) is 8.97. The Kier molecular flexibility index (Phi) is 5.00. The number of hydrogen-bond acceptors (Lipinski definition) is 0. The second-order valence-electron chi connectivity index (χ2n) is 6.25. The molecule has 2 aromatic carbocycles. The van der Waals surface area contributed by atoms with Crippen molar-refractivity contribution in [3.63, 3.8) is 0 Å². The summed E-state index contributed by atoms with van der Waals surface area (Å²) in [4.78, 5) is 0. The lowest BCUT2D eigenvalue weighted by Gasteiger charge is -2.13. The molecular weight excluding hydrogens is 240 g/mol. The quantitative estimate of drug-likeness (QED) is 0.636. The molecule has 0 heteroatoms. The molecule has 0 heterocycles.